The van der Waals surface area contributed by atoms with Gasteiger partial charge >= 0.3 is 0 Å². The highest BCUT2D eigenvalue weighted by Gasteiger charge is 2.38. The molecule has 0 unspecified atom stereocenters. The first-order chi connectivity index (χ1) is 25.3. The fourth-order valence-corrected chi connectivity index (χ4v) is 9.05. The summed E-state index contributed by atoms with van der Waals surface area (Å²) in [4.78, 5) is 10.7. The molecule has 2 aliphatic carbocycles. The van der Waals surface area contributed by atoms with Crippen molar-refractivity contribution in [2.75, 3.05) is 0 Å². The predicted molar refractivity (Wildman–Crippen MR) is 216 cm³/mol. The molecule has 0 amide bonds. The molecule has 2 nitrogen and oxygen atoms in total. The van der Waals surface area contributed by atoms with Gasteiger partial charge in [-0.2, -0.15) is 0 Å². The number of hydrogen-bond acceptors (Lipinski definition) is 2. The van der Waals surface area contributed by atoms with E-state index in [1.165, 1.54) is 66.4 Å². The zero-order chi connectivity index (χ0) is 35.2. The van der Waals surface area contributed by atoms with Crippen LogP contribution in [0.15, 0.2) is 158 Å². The molecule has 10 rings (SSSR count). The van der Waals surface area contributed by atoms with Crippen molar-refractivity contribution >= 4 is 10.8 Å². The van der Waals surface area contributed by atoms with E-state index in [1.54, 1.807) is 0 Å². The van der Waals surface area contributed by atoms with Crippen molar-refractivity contribution < 1.29 is 0 Å². The zero-order valence-electron chi connectivity index (χ0n) is 29.9. The molecule has 2 heteroatoms. The van der Waals surface area contributed by atoms with Crippen LogP contribution in [-0.4, -0.2) is 9.97 Å². The predicted octanol–water partition coefficient (Wildman–Crippen LogP) is 12.9. The standard InChI is InChI=1S/C50H38N2/c1-49(2)40-25-13-12-22-37(40)46-36(23-14-26-41(46)49)34-20-10-11-21-35(34)44-30-45(52-48(51-44)31-16-6-5-7-17-31)38-24-15-27-42-47(38)39-28-32-18-8-9-19-33(32)29-43(39)50(42,3)4/h5-30H,1-4H3. The fourth-order valence-electron chi connectivity index (χ4n) is 9.05. The van der Waals surface area contributed by atoms with E-state index in [4.69, 9.17) is 9.97 Å². The van der Waals surface area contributed by atoms with Gasteiger partial charge in [-0.05, 0) is 84.6 Å². The molecule has 7 aromatic carbocycles. The molecule has 8 aromatic rings. The Morgan fingerprint density at radius 3 is 1.58 bits per heavy atom. The highest BCUT2D eigenvalue weighted by molar-refractivity contribution is 6.00. The van der Waals surface area contributed by atoms with Gasteiger partial charge in [0.15, 0.2) is 5.82 Å². The maximum Gasteiger partial charge on any atom is 0.160 e. The highest BCUT2D eigenvalue weighted by Crippen LogP contribution is 2.55. The monoisotopic (exact) mass is 666 g/mol. The molecule has 0 radical (unpaired) electrons. The molecule has 0 saturated heterocycles. The summed E-state index contributed by atoms with van der Waals surface area (Å²) in [6.07, 6.45) is 0. The second kappa shape index (κ2) is 11.2. The Labute approximate surface area is 305 Å². The summed E-state index contributed by atoms with van der Waals surface area (Å²) in [6, 6.07) is 57.3. The molecule has 248 valence electrons. The van der Waals surface area contributed by atoms with E-state index >= 15 is 0 Å². The van der Waals surface area contributed by atoms with Crippen LogP contribution in [0.25, 0.3) is 78.1 Å². The molecule has 1 aromatic heterocycles. The average Bonchev–Trinajstić information content (AvgIpc) is 3.56. The lowest BCUT2D eigenvalue weighted by molar-refractivity contribution is 0.660. The molecule has 0 saturated carbocycles. The van der Waals surface area contributed by atoms with Crippen LogP contribution in [0.2, 0.25) is 0 Å². The van der Waals surface area contributed by atoms with Crippen LogP contribution in [0.4, 0.5) is 0 Å². The van der Waals surface area contributed by atoms with Crippen molar-refractivity contribution in [3.05, 3.63) is 180 Å². The summed E-state index contributed by atoms with van der Waals surface area (Å²) in [6.45, 7) is 9.39. The van der Waals surface area contributed by atoms with Gasteiger partial charge in [-0.3, -0.25) is 0 Å². The average molecular weight is 667 g/mol. The second-order valence-corrected chi connectivity index (χ2v) is 15.4. The minimum Gasteiger partial charge on any atom is -0.228 e. The van der Waals surface area contributed by atoms with Crippen molar-refractivity contribution in [2.24, 2.45) is 0 Å². The lowest BCUT2D eigenvalue weighted by Gasteiger charge is -2.22. The van der Waals surface area contributed by atoms with E-state index in [-0.39, 0.29) is 10.8 Å². The van der Waals surface area contributed by atoms with E-state index in [2.05, 4.69) is 179 Å². The quantitative estimate of drug-likeness (QED) is 0.187. The zero-order valence-corrected chi connectivity index (χ0v) is 29.9. The summed E-state index contributed by atoms with van der Waals surface area (Å²) in [5.74, 6) is 0.723. The van der Waals surface area contributed by atoms with Crippen molar-refractivity contribution in [1.29, 1.82) is 0 Å². The van der Waals surface area contributed by atoms with Crippen LogP contribution >= 0.6 is 0 Å². The number of fused-ring (bicyclic) bond motifs is 7. The third-order valence-electron chi connectivity index (χ3n) is 11.7. The first-order valence-corrected chi connectivity index (χ1v) is 18.3. The first kappa shape index (κ1) is 30.7. The Bertz CT molecular complexity index is 2730. The summed E-state index contributed by atoms with van der Waals surface area (Å²) >= 11 is 0. The van der Waals surface area contributed by atoms with Gasteiger partial charge in [0.1, 0.15) is 0 Å². The lowest BCUT2D eigenvalue weighted by Crippen LogP contribution is -2.14. The SMILES string of the molecule is CC1(C)c2cc3ccccc3cc2-c2c(-c3cc(-c4ccccc4-c4cccc5c4-c4ccccc4C5(C)C)nc(-c4ccccc4)n3)cccc21. The summed E-state index contributed by atoms with van der Waals surface area (Å²) in [5.41, 5.74) is 17.9. The number of hydrogen-bond donors (Lipinski definition) is 0. The molecule has 52 heavy (non-hydrogen) atoms. The van der Waals surface area contributed by atoms with E-state index in [9.17, 15) is 0 Å². The van der Waals surface area contributed by atoms with Crippen molar-refractivity contribution in [3.63, 3.8) is 0 Å². The van der Waals surface area contributed by atoms with Crippen molar-refractivity contribution in [3.8, 4) is 67.3 Å². The smallest absolute Gasteiger partial charge is 0.160 e. The van der Waals surface area contributed by atoms with Gasteiger partial charge in [0, 0.05) is 27.5 Å². The van der Waals surface area contributed by atoms with Gasteiger partial charge in [-0.1, -0.05) is 167 Å². The first-order valence-electron chi connectivity index (χ1n) is 18.3. The topological polar surface area (TPSA) is 25.8 Å². The minimum absolute atomic E-state index is 0.0808. The van der Waals surface area contributed by atoms with Gasteiger partial charge in [0.25, 0.3) is 0 Å². The van der Waals surface area contributed by atoms with Crippen LogP contribution in [0.3, 0.4) is 0 Å². The number of rotatable bonds is 4. The van der Waals surface area contributed by atoms with E-state index in [1.807, 2.05) is 6.07 Å². The Hall–Kier alpha value is -6.12. The largest absolute Gasteiger partial charge is 0.228 e. The number of aromatic nitrogens is 2. The van der Waals surface area contributed by atoms with Crippen molar-refractivity contribution in [1.82, 2.24) is 9.97 Å². The normalized spacial score (nSPS) is 14.5. The van der Waals surface area contributed by atoms with Crippen LogP contribution in [-0.2, 0) is 10.8 Å². The molecule has 0 aliphatic heterocycles. The molecule has 1 heterocycles. The van der Waals surface area contributed by atoms with Gasteiger partial charge in [-0.25, -0.2) is 9.97 Å². The van der Waals surface area contributed by atoms with Gasteiger partial charge < -0.3 is 0 Å². The van der Waals surface area contributed by atoms with Gasteiger partial charge in [0.05, 0.1) is 11.4 Å². The van der Waals surface area contributed by atoms with Crippen LogP contribution in [0, 0.1) is 0 Å². The van der Waals surface area contributed by atoms with Crippen LogP contribution < -0.4 is 0 Å². The fraction of sp³-hybridized carbons (Fsp3) is 0.120. The molecule has 0 spiro atoms. The third-order valence-corrected chi connectivity index (χ3v) is 11.7. The van der Waals surface area contributed by atoms with Gasteiger partial charge in [-0.15, -0.1) is 0 Å². The highest BCUT2D eigenvalue weighted by atomic mass is 14.9. The Morgan fingerprint density at radius 1 is 0.346 bits per heavy atom. The maximum atomic E-state index is 5.36. The Balaban J connectivity index is 1.22. The maximum absolute atomic E-state index is 5.36. The van der Waals surface area contributed by atoms with Crippen molar-refractivity contribution in [2.45, 2.75) is 38.5 Å². The summed E-state index contributed by atoms with van der Waals surface area (Å²) < 4.78 is 0. The summed E-state index contributed by atoms with van der Waals surface area (Å²) in [5, 5.41) is 2.52. The third kappa shape index (κ3) is 4.43. The summed E-state index contributed by atoms with van der Waals surface area (Å²) in [7, 11) is 0. The molecule has 2 aliphatic rings. The van der Waals surface area contributed by atoms with E-state index < -0.39 is 0 Å². The van der Waals surface area contributed by atoms with E-state index in [0.717, 1.165) is 33.9 Å². The molecule has 0 atom stereocenters. The Kier molecular flexibility index (Phi) is 6.60. The second-order valence-electron chi connectivity index (χ2n) is 15.4. The molecular weight excluding hydrogens is 629 g/mol. The Morgan fingerprint density at radius 2 is 0.846 bits per heavy atom. The number of benzene rings is 7. The molecule has 0 N–H and O–H groups in total. The number of nitrogens with zero attached hydrogens (tertiary/aromatic N) is 2. The lowest BCUT2D eigenvalue weighted by atomic mass is 9.81. The van der Waals surface area contributed by atoms with Crippen LogP contribution in [0.5, 0.6) is 0 Å². The van der Waals surface area contributed by atoms with Crippen LogP contribution in [0.1, 0.15) is 49.9 Å². The molecule has 0 fully saturated rings. The minimum atomic E-state index is -0.146. The molecular formula is C50H38N2. The van der Waals surface area contributed by atoms with Gasteiger partial charge in [0.2, 0.25) is 0 Å². The van der Waals surface area contributed by atoms with E-state index in [0.29, 0.717) is 0 Å². The molecule has 0 bridgehead atoms.